The normalized spacial score (nSPS) is 16.0. The highest BCUT2D eigenvalue weighted by Crippen LogP contribution is 2.32. The number of amides is 1. The van der Waals surface area contributed by atoms with E-state index in [9.17, 15) is 4.79 Å². The first kappa shape index (κ1) is 17.1. The van der Waals surface area contributed by atoms with Gasteiger partial charge in [-0.3, -0.25) is 4.79 Å². The van der Waals surface area contributed by atoms with Crippen molar-refractivity contribution in [2.75, 3.05) is 31.6 Å². The van der Waals surface area contributed by atoms with E-state index in [4.69, 9.17) is 9.47 Å². The van der Waals surface area contributed by atoms with E-state index in [1.807, 2.05) is 36.4 Å². The third-order valence-electron chi connectivity index (χ3n) is 4.23. The number of fused-ring (bicyclic) bond motifs is 1. The summed E-state index contributed by atoms with van der Waals surface area (Å²) in [6, 6.07) is 14.0. The average Bonchev–Trinajstić information content (AvgIpc) is 2.60. The van der Waals surface area contributed by atoms with Crippen molar-refractivity contribution in [3.63, 3.8) is 0 Å². The zero-order valence-electron chi connectivity index (χ0n) is 14.9. The minimum atomic E-state index is -0.513. The van der Waals surface area contributed by atoms with Crippen LogP contribution in [0.25, 0.3) is 0 Å². The van der Waals surface area contributed by atoms with Crippen molar-refractivity contribution in [1.29, 1.82) is 0 Å². The molecule has 0 saturated carbocycles. The summed E-state index contributed by atoms with van der Waals surface area (Å²) in [5.74, 6) is 1.49. The highest BCUT2D eigenvalue weighted by Gasteiger charge is 2.29. The molecule has 5 heteroatoms. The number of hydrogen-bond donors (Lipinski definition) is 1. The fraction of sp³-hybridized carbons (Fsp3) is 0.350. The molecule has 5 nitrogen and oxygen atoms in total. The van der Waals surface area contributed by atoms with Crippen molar-refractivity contribution in [2.45, 2.75) is 20.0 Å². The standard InChI is InChI=1S/C20H24N2O3/c1-14-10-15(2)12-16(11-14)24-9-8-22-13-19(20(23)21-3)25-18-7-5-4-6-17(18)22/h4-7,10-12,19H,8-9,13H2,1-3H3,(H,21,23)/t19-/m0/s1. The molecular weight excluding hydrogens is 316 g/mol. The smallest absolute Gasteiger partial charge is 0.262 e. The predicted octanol–water partition coefficient (Wildman–Crippen LogP) is 2.70. The number of aryl methyl sites for hydroxylation is 2. The molecule has 0 spiro atoms. The van der Waals surface area contributed by atoms with Gasteiger partial charge in [0.25, 0.3) is 5.91 Å². The lowest BCUT2D eigenvalue weighted by Gasteiger charge is -2.35. The van der Waals surface area contributed by atoms with Crippen LogP contribution in [0.4, 0.5) is 5.69 Å². The number of carbonyl (C=O) groups excluding carboxylic acids is 1. The van der Waals surface area contributed by atoms with Crippen LogP contribution in [-0.2, 0) is 4.79 Å². The van der Waals surface area contributed by atoms with E-state index in [2.05, 4.69) is 30.1 Å². The van der Waals surface area contributed by atoms with Crippen LogP contribution < -0.4 is 19.7 Å². The van der Waals surface area contributed by atoms with Crippen molar-refractivity contribution in [2.24, 2.45) is 0 Å². The maximum Gasteiger partial charge on any atom is 0.262 e. The number of nitrogens with zero attached hydrogens (tertiary/aromatic N) is 1. The van der Waals surface area contributed by atoms with Crippen LogP contribution in [0.5, 0.6) is 11.5 Å². The molecule has 0 aromatic heterocycles. The Morgan fingerprint density at radius 2 is 1.96 bits per heavy atom. The van der Waals surface area contributed by atoms with E-state index in [0.717, 1.165) is 17.2 Å². The Hall–Kier alpha value is -2.69. The highest BCUT2D eigenvalue weighted by molar-refractivity contribution is 5.83. The second kappa shape index (κ2) is 7.47. The fourth-order valence-corrected chi connectivity index (χ4v) is 3.11. The molecule has 2 aromatic rings. The Morgan fingerprint density at radius 1 is 1.24 bits per heavy atom. The predicted molar refractivity (Wildman–Crippen MR) is 98.5 cm³/mol. The molecule has 1 N–H and O–H groups in total. The highest BCUT2D eigenvalue weighted by atomic mass is 16.5. The quantitative estimate of drug-likeness (QED) is 0.909. The Bertz CT molecular complexity index is 740. The van der Waals surface area contributed by atoms with Crippen LogP contribution in [0.3, 0.4) is 0 Å². The topological polar surface area (TPSA) is 50.8 Å². The molecule has 1 aliphatic rings. The molecule has 0 saturated heterocycles. The van der Waals surface area contributed by atoms with Gasteiger partial charge < -0.3 is 19.7 Å². The Labute approximate surface area is 148 Å². The van der Waals surface area contributed by atoms with Crippen LogP contribution in [0.15, 0.2) is 42.5 Å². The largest absolute Gasteiger partial charge is 0.492 e. The molecule has 1 aliphatic heterocycles. The molecule has 2 aromatic carbocycles. The first-order valence-corrected chi connectivity index (χ1v) is 8.50. The molecule has 25 heavy (non-hydrogen) atoms. The first-order valence-electron chi connectivity index (χ1n) is 8.50. The van der Waals surface area contributed by atoms with Crippen LogP contribution in [0.2, 0.25) is 0 Å². The van der Waals surface area contributed by atoms with E-state index >= 15 is 0 Å². The third-order valence-corrected chi connectivity index (χ3v) is 4.23. The second-order valence-electron chi connectivity index (χ2n) is 6.31. The Kier molecular flexibility index (Phi) is 5.12. The molecule has 1 amide bonds. The zero-order chi connectivity index (χ0) is 17.8. The maximum atomic E-state index is 12.0. The van der Waals surface area contributed by atoms with Crippen molar-refractivity contribution in [3.8, 4) is 11.5 Å². The number of hydrogen-bond acceptors (Lipinski definition) is 4. The van der Waals surface area contributed by atoms with Crippen LogP contribution in [0.1, 0.15) is 11.1 Å². The summed E-state index contributed by atoms with van der Waals surface area (Å²) < 4.78 is 11.7. The van der Waals surface area contributed by atoms with Gasteiger partial charge in [-0.2, -0.15) is 0 Å². The number of benzene rings is 2. The number of rotatable bonds is 5. The zero-order valence-corrected chi connectivity index (χ0v) is 14.9. The molecule has 0 bridgehead atoms. The minimum absolute atomic E-state index is 0.116. The maximum absolute atomic E-state index is 12.0. The van der Waals surface area contributed by atoms with Gasteiger partial charge in [-0.25, -0.2) is 0 Å². The number of nitrogens with one attached hydrogen (secondary N) is 1. The van der Waals surface area contributed by atoms with Gasteiger partial charge in [-0.1, -0.05) is 18.2 Å². The minimum Gasteiger partial charge on any atom is -0.492 e. The van der Waals surface area contributed by atoms with Crippen molar-refractivity contribution >= 4 is 11.6 Å². The van der Waals surface area contributed by atoms with Crippen LogP contribution >= 0.6 is 0 Å². The summed E-state index contributed by atoms with van der Waals surface area (Å²) in [6.07, 6.45) is -0.513. The number of ether oxygens (including phenoxy) is 2. The van der Waals surface area contributed by atoms with E-state index in [1.165, 1.54) is 11.1 Å². The number of likely N-dealkylation sites (N-methyl/N-ethyl adjacent to an activating group) is 1. The van der Waals surface area contributed by atoms with Gasteiger partial charge in [0.15, 0.2) is 6.10 Å². The van der Waals surface area contributed by atoms with Crippen molar-refractivity contribution < 1.29 is 14.3 Å². The fourth-order valence-electron chi connectivity index (χ4n) is 3.11. The van der Waals surface area contributed by atoms with Crippen molar-refractivity contribution in [3.05, 3.63) is 53.6 Å². The molecule has 1 atom stereocenters. The van der Waals surface area contributed by atoms with E-state index < -0.39 is 6.10 Å². The van der Waals surface area contributed by atoms with Gasteiger partial charge in [-0.15, -0.1) is 0 Å². The lowest BCUT2D eigenvalue weighted by atomic mass is 10.1. The number of para-hydroxylation sites is 2. The molecule has 132 valence electrons. The van der Waals surface area contributed by atoms with E-state index in [-0.39, 0.29) is 5.91 Å². The Balaban J connectivity index is 1.69. The summed E-state index contributed by atoms with van der Waals surface area (Å²) in [4.78, 5) is 14.1. The van der Waals surface area contributed by atoms with Gasteiger partial charge in [0.2, 0.25) is 0 Å². The van der Waals surface area contributed by atoms with Gasteiger partial charge in [0.05, 0.1) is 18.8 Å². The summed E-state index contributed by atoms with van der Waals surface area (Å²) in [6.45, 7) is 5.85. The number of carbonyl (C=O) groups is 1. The van der Waals surface area contributed by atoms with Gasteiger partial charge >= 0.3 is 0 Å². The summed E-state index contributed by atoms with van der Waals surface area (Å²) in [5, 5.41) is 2.66. The van der Waals surface area contributed by atoms with E-state index in [0.29, 0.717) is 19.7 Å². The SMILES string of the molecule is CNC(=O)[C@@H]1CN(CCOc2cc(C)cc(C)c2)c2ccccc2O1. The van der Waals surface area contributed by atoms with Crippen LogP contribution in [-0.4, -0.2) is 38.8 Å². The molecule has 3 rings (SSSR count). The van der Waals surface area contributed by atoms with E-state index in [1.54, 1.807) is 7.05 Å². The van der Waals surface area contributed by atoms with Crippen molar-refractivity contribution in [1.82, 2.24) is 5.32 Å². The number of anilines is 1. The molecule has 0 fully saturated rings. The third kappa shape index (κ3) is 4.05. The molecule has 0 aliphatic carbocycles. The average molecular weight is 340 g/mol. The lowest BCUT2D eigenvalue weighted by Crippen LogP contribution is -2.49. The lowest BCUT2D eigenvalue weighted by molar-refractivity contribution is -0.127. The second-order valence-corrected chi connectivity index (χ2v) is 6.31. The summed E-state index contributed by atoms with van der Waals surface area (Å²) >= 11 is 0. The van der Waals surface area contributed by atoms with Gasteiger partial charge in [0, 0.05) is 7.05 Å². The Morgan fingerprint density at radius 3 is 2.68 bits per heavy atom. The molecule has 1 heterocycles. The van der Waals surface area contributed by atoms with Gasteiger partial charge in [0.1, 0.15) is 18.1 Å². The first-order chi connectivity index (χ1) is 12.1. The molecular formula is C20H24N2O3. The molecule has 0 radical (unpaired) electrons. The molecule has 0 unspecified atom stereocenters. The monoisotopic (exact) mass is 340 g/mol. The summed E-state index contributed by atoms with van der Waals surface area (Å²) in [5.41, 5.74) is 3.37. The van der Waals surface area contributed by atoms with Crippen LogP contribution in [0, 0.1) is 13.8 Å². The summed E-state index contributed by atoms with van der Waals surface area (Å²) in [7, 11) is 1.62. The van der Waals surface area contributed by atoms with Gasteiger partial charge in [-0.05, 0) is 49.2 Å².